The molecule has 1 aromatic carbocycles. The predicted octanol–water partition coefficient (Wildman–Crippen LogP) is 0.366. The monoisotopic (exact) mass is 425 g/mol. The fraction of sp³-hybridized carbons (Fsp3) is 0.476. The van der Waals surface area contributed by atoms with E-state index in [0.29, 0.717) is 19.8 Å². The number of hydrazine groups is 1. The van der Waals surface area contributed by atoms with Crippen molar-refractivity contribution < 1.29 is 9.53 Å². The van der Waals surface area contributed by atoms with Gasteiger partial charge in [-0.25, -0.2) is 19.9 Å². The number of ether oxygens (including phenoxy) is 1. The summed E-state index contributed by atoms with van der Waals surface area (Å²) < 4.78 is 6.82. The van der Waals surface area contributed by atoms with Gasteiger partial charge in [-0.1, -0.05) is 12.1 Å². The van der Waals surface area contributed by atoms with Crippen LogP contribution in [0.5, 0.6) is 5.75 Å². The zero-order valence-electron chi connectivity index (χ0n) is 17.6. The first kappa shape index (κ1) is 20.0. The van der Waals surface area contributed by atoms with Crippen LogP contribution in [0.15, 0.2) is 41.2 Å². The van der Waals surface area contributed by atoms with Crippen LogP contribution in [-0.2, 0) is 6.54 Å². The number of hydrogen-bond acceptors (Lipinski definition) is 7. The molecule has 2 aromatic rings. The van der Waals surface area contributed by atoms with Crippen LogP contribution in [0.1, 0.15) is 23.7 Å². The van der Waals surface area contributed by atoms with Gasteiger partial charge in [0.15, 0.2) is 0 Å². The van der Waals surface area contributed by atoms with Gasteiger partial charge in [0.1, 0.15) is 11.9 Å². The van der Waals surface area contributed by atoms with Crippen molar-refractivity contribution in [3.05, 3.63) is 58.0 Å². The van der Waals surface area contributed by atoms with Crippen LogP contribution in [-0.4, -0.2) is 58.4 Å². The molecule has 0 spiro atoms. The molecule has 164 valence electrons. The van der Waals surface area contributed by atoms with E-state index in [9.17, 15) is 9.59 Å². The number of carbonyl (C=O) groups excluding carboxylic acids is 1. The van der Waals surface area contributed by atoms with Gasteiger partial charge < -0.3 is 9.64 Å². The average Bonchev–Trinajstić information content (AvgIpc) is 3.29. The summed E-state index contributed by atoms with van der Waals surface area (Å²) in [4.78, 5) is 27.6. The van der Waals surface area contributed by atoms with Gasteiger partial charge in [0.05, 0.1) is 31.7 Å². The summed E-state index contributed by atoms with van der Waals surface area (Å²) >= 11 is 0. The number of amides is 2. The smallest absolute Gasteiger partial charge is 0.337 e. The second kappa shape index (κ2) is 7.95. The third kappa shape index (κ3) is 3.56. The Morgan fingerprint density at radius 1 is 1.10 bits per heavy atom. The van der Waals surface area contributed by atoms with Crippen LogP contribution in [0.4, 0.5) is 4.79 Å². The number of fused-ring (bicyclic) bond motifs is 3. The van der Waals surface area contributed by atoms with Crippen molar-refractivity contribution in [1.29, 1.82) is 0 Å². The van der Waals surface area contributed by atoms with E-state index in [-0.39, 0.29) is 35.9 Å². The Bertz CT molecular complexity index is 1020. The molecular formula is C21H27N7O3. The van der Waals surface area contributed by atoms with Gasteiger partial charge in [-0.3, -0.25) is 15.4 Å². The number of piperidine rings is 1. The minimum absolute atomic E-state index is 0.0659. The van der Waals surface area contributed by atoms with E-state index >= 15 is 0 Å². The summed E-state index contributed by atoms with van der Waals surface area (Å²) in [6, 6.07) is 10.9. The van der Waals surface area contributed by atoms with Crippen molar-refractivity contribution >= 4 is 6.03 Å². The molecule has 3 aliphatic heterocycles. The van der Waals surface area contributed by atoms with Crippen LogP contribution in [0.2, 0.25) is 0 Å². The first-order valence-electron chi connectivity index (χ1n) is 10.5. The summed E-state index contributed by atoms with van der Waals surface area (Å²) in [6.45, 7) is 3.47. The molecule has 31 heavy (non-hydrogen) atoms. The molecule has 10 nitrogen and oxygen atoms in total. The molecule has 4 atom stereocenters. The minimum atomic E-state index is -0.139. The fourth-order valence-corrected chi connectivity index (χ4v) is 4.85. The van der Waals surface area contributed by atoms with E-state index in [2.05, 4.69) is 21.2 Å². The Balaban J connectivity index is 1.42. The topological polar surface area (TPSA) is 104 Å². The number of nitrogens with one attached hydrogen (secondary N) is 3. The zero-order valence-corrected chi connectivity index (χ0v) is 17.6. The number of carbonyl (C=O) groups is 1. The Morgan fingerprint density at radius 2 is 1.90 bits per heavy atom. The van der Waals surface area contributed by atoms with Crippen LogP contribution in [0, 0.1) is 12.8 Å². The van der Waals surface area contributed by atoms with E-state index in [0.717, 1.165) is 23.4 Å². The van der Waals surface area contributed by atoms with E-state index in [4.69, 9.17) is 4.74 Å². The van der Waals surface area contributed by atoms with E-state index < -0.39 is 0 Å². The first-order valence-corrected chi connectivity index (χ1v) is 10.5. The van der Waals surface area contributed by atoms with Crippen LogP contribution in [0.3, 0.4) is 0 Å². The lowest BCUT2D eigenvalue weighted by atomic mass is 9.87. The number of benzene rings is 1. The molecule has 0 saturated carbocycles. The highest BCUT2D eigenvalue weighted by Gasteiger charge is 2.51. The highest BCUT2D eigenvalue weighted by atomic mass is 16.5. The number of aromatic nitrogens is 2. The van der Waals surface area contributed by atoms with Gasteiger partial charge in [0.25, 0.3) is 5.56 Å². The van der Waals surface area contributed by atoms with Crippen molar-refractivity contribution in [2.24, 2.45) is 5.92 Å². The van der Waals surface area contributed by atoms with Gasteiger partial charge in [-0.15, -0.1) is 0 Å². The maximum atomic E-state index is 13.3. The lowest BCUT2D eigenvalue weighted by molar-refractivity contribution is -0.0242. The molecule has 3 fully saturated rings. The van der Waals surface area contributed by atoms with E-state index in [1.165, 1.54) is 0 Å². The van der Waals surface area contributed by atoms with Crippen molar-refractivity contribution in [2.75, 3.05) is 20.3 Å². The van der Waals surface area contributed by atoms with Gasteiger partial charge in [0, 0.05) is 25.1 Å². The normalized spacial score (nSPS) is 27.7. The highest BCUT2D eigenvalue weighted by molar-refractivity contribution is 5.76. The number of hydrogen-bond donors (Lipinski definition) is 3. The van der Waals surface area contributed by atoms with Crippen LogP contribution < -0.4 is 26.4 Å². The number of rotatable bonds is 4. The Morgan fingerprint density at radius 3 is 2.68 bits per heavy atom. The molecular weight excluding hydrogens is 398 g/mol. The third-order valence-corrected chi connectivity index (χ3v) is 6.36. The standard InChI is InChI=1S/C21H27N7O3/c1-13-3-8-18(29)27(25-13)15-9-17-19(22-10-15)26(21(30)28-20(17)23-12-24-28)11-14-4-6-16(31-2)7-5-14/h3-8,15,17,19-20,22-24H,9-12H2,1-2H3. The Labute approximate surface area is 180 Å². The quantitative estimate of drug-likeness (QED) is 0.650. The molecule has 3 N–H and O–H groups in total. The molecule has 0 bridgehead atoms. The average molecular weight is 425 g/mol. The molecule has 2 amide bonds. The van der Waals surface area contributed by atoms with E-state index in [1.807, 2.05) is 36.1 Å². The van der Waals surface area contributed by atoms with Gasteiger partial charge in [-0.2, -0.15) is 5.10 Å². The number of urea groups is 1. The lowest BCUT2D eigenvalue weighted by Gasteiger charge is -2.51. The molecule has 10 heteroatoms. The van der Waals surface area contributed by atoms with E-state index in [1.54, 1.807) is 28.9 Å². The van der Waals surface area contributed by atoms with Gasteiger partial charge >= 0.3 is 6.03 Å². The van der Waals surface area contributed by atoms with Crippen LogP contribution >= 0.6 is 0 Å². The number of methoxy groups -OCH3 is 1. The highest BCUT2D eigenvalue weighted by Crippen LogP contribution is 2.35. The summed E-state index contributed by atoms with van der Waals surface area (Å²) in [7, 11) is 1.64. The summed E-state index contributed by atoms with van der Waals surface area (Å²) in [6.07, 6.45) is 0.455. The molecule has 3 aliphatic rings. The number of nitrogens with zero attached hydrogens (tertiary/aromatic N) is 4. The van der Waals surface area contributed by atoms with Crippen LogP contribution in [0.25, 0.3) is 0 Å². The third-order valence-electron chi connectivity index (χ3n) is 6.36. The Kier molecular flexibility index (Phi) is 5.12. The SMILES string of the molecule is COc1ccc(CN2C(=O)N3NCNC3C3CC(n4nc(C)ccc4=O)CNC32)cc1. The van der Waals surface area contributed by atoms with Crippen molar-refractivity contribution in [3.8, 4) is 5.75 Å². The maximum absolute atomic E-state index is 13.3. The first-order chi connectivity index (χ1) is 15.0. The minimum Gasteiger partial charge on any atom is -0.497 e. The Hall–Kier alpha value is -2.95. The van der Waals surface area contributed by atoms with Gasteiger partial charge in [0.2, 0.25) is 0 Å². The molecule has 4 unspecified atom stereocenters. The predicted molar refractivity (Wildman–Crippen MR) is 113 cm³/mol. The molecule has 0 radical (unpaired) electrons. The fourth-order valence-electron chi connectivity index (χ4n) is 4.85. The molecule has 3 saturated heterocycles. The van der Waals surface area contributed by atoms with Gasteiger partial charge in [-0.05, 0) is 37.1 Å². The van der Waals surface area contributed by atoms with Crippen molar-refractivity contribution in [3.63, 3.8) is 0 Å². The second-order valence-electron chi connectivity index (χ2n) is 8.28. The summed E-state index contributed by atoms with van der Waals surface area (Å²) in [5.74, 6) is 0.866. The molecule has 0 aliphatic carbocycles. The maximum Gasteiger partial charge on any atom is 0.337 e. The lowest BCUT2D eigenvalue weighted by Crippen LogP contribution is -2.71. The second-order valence-corrected chi connectivity index (χ2v) is 8.28. The largest absolute Gasteiger partial charge is 0.497 e. The molecule has 4 heterocycles. The van der Waals surface area contributed by atoms with Crippen molar-refractivity contribution in [2.45, 2.75) is 38.3 Å². The zero-order chi connectivity index (χ0) is 21.5. The number of aryl methyl sites for hydroxylation is 1. The van der Waals surface area contributed by atoms with Crippen molar-refractivity contribution in [1.82, 2.24) is 35.7 Å². The molecule has 1 aromatic heterocycles. The summed E-state index contributed by atoms with van der Waals surface area (Å²) in [5.41, 5.74) is 4.88. The molecule has 5 rings (SSSR count). The summed E-state index contributed by atoms with van der Waals surface area (Å²) in [5, 5.41) is 13.1.